The smallest absolute Gasteiger partial charge is 0.236 e. The normalized spacial score (nSPS) is 25.7. The lowest BCUT2D eigenvalue weighted by molar-refractivity contribution is -0.135. The highest BCUT2D eigenvalue weighted by Gasteiger charge is 2.30. The highest BCUT2D eigenvalue weighted by molar-refractivity contribution is 6.10. The summed E-state index contributed by atoms with van der Waals surface area (Å²) in [5, 5.41) is 0. The van der Waals surface area contributed by atoms with Crippen LogP contribution in [0.1, 0.15) is 42.4 Å². The van der Waals surface area contributed by atoms with Gasteiger partial charge >= 0.3 is 0 Å². The van der Waals surface area contributed by atoms with E-state index in [4.69, 9.17) is 4.99 Å². The Labute approximate surface area is 197 Å². The average Bonchev–Trinajstić information content (AvgIpc) is 2.83. The molecule has 0 spiro atoms. The van der Waals surface area contributed by atoms with Crippen LogP contribution in [0, 0.1) is 0 Å². The number of aliphatic imine (C=N–C) groups is 1. The number of amides is 1. The molecule has 3 aliphatic heterocycles. The molecule has 1 aromatic rings. The SMILES string of the molecule is O=C(CN1CCc2cc(C3=NC4CC=CC=C4C=C3)ccc2C1)N1CCN(C2CCC2)CC1. The first-order valence-electron chi connectivity index (χ1n) is 12.7. The van der Waals surface area contributed by atoms with Crippen molar-refractivity contribution in [1.29, 1.82) is 0 Å². The molecule has 1 saturated carbocycles. The zero-order chi connectivity index (χ0) is 22.2. The molecule has 3 heterocycles. The standard InChI is InChI=1S/C28H34N4O/c33-28(32-16-14-31(15-17-32)25-5-3-6-25)20-30-13-12-22-18-23(8-9-24(22)19-30)27-11-10-21-4-1-2-7-26(21)29-27/h1-2,4,8-11,18,25-26H,3,5-7,12-17,19-20H2. The fourth-order valence-electron chi connectivity index (χ4n) is 5.77. The Morgan fingerprint density at radius 2 is 1.91 bits per heavy atom. The van der Waals surface area contributed by atoms with Crippen molar-refractivity contribution in [1.82, 2.24) is 14.7 Å². The Hall–Kier alpha value is -2.50. The highest BCUT2D eigenvalue weighted by atomic mass is 16.2. The maximum atomic E-state index is 12.9. The van der Waals surface area contributed by atoms with Gasteiger partial charge in [0.15, 0.2) is 0 Å². The number of nitrogens with zero attached hydrogens (tertiary/aromatic N) is 4. The van der Waals surface area contributed by atoms with E-state index in [0.29, 0.717) is 12.5 Å². The van der Waals surface area contributed by atoms with E-state index in [-0.39, 0.29) is 6.04 Å². The Bertz CT molecular complexity index is 1040. The first kappa shape index (κ1) is 21.1. The second-order valence-electron chi connectivity index (χ2n) is 10.1. The topological polar surface area (TPSA) is 39.2 Å². The predicted molar refractivity (Wildman–Crippen MR) is 133 cm³/mol. The van der Waals surface area contributed by atoms with Crippen LogP contribution in [0.2, 0.25) is 0 Å². The quantitative estimate of drug-likeness (QED) is 0.718. The van der Waals surface area contributed by atoms with Crippen molar-refractivity contribution in [3.05, 3.63) is 70.8 Å². The number of piperazine rings is 1. The van der Waals surface area contributed by atoms with Crippen molar-refractivity contribution in [2.75, 3.05) is 39.3 Å². The molecule has 1 aromatic carbocycles. The summed E-state index contributed by atoms with van der Waals surface area (Å²) >= 11 is 0. The summed E-state index contributed by atoms with van der Waals surface area (Å²) in [7, 11) is 0. The number of rotatable bonds is 4. The molecule has 172 valence electrons. The summed E-state index contributed by atoms with van der Waals surface area (Å²) in [5.74, 6) is 0.301. The number of dihydropyridines is 1. The van der Waals surface area contributed by atoms with Crippen molar-refractivity contribution in [2.45, 2.75) is 50.7 Å². The van der Waals surface area contributed by atoms with Gasteiger partial charge in [0.25, 0.3) is 0 Å². The fraction of sp³-hybridized carbons (Fsp3) is 0.500. The molecule has 1 atom stereocenters. The van der Waals surface area contributed by atoms with E-state index >= 15 is 0 Å². The monoisotopic (exact) mass is 442 g/mol. The van der Waals surface area contributed by atoms with Gasteiger partial charge in [-0.3, -0.25) is 19.6 Å². The van der Waals surface area contributed by atoms with E-state index < -0.39 is 0 Å². The highest BCUT2D eigenvalue weighted by Crippen LogP contribution is 2.27. The molecule has 6 rings (SSSR count). The number of hydrogen-bond donors (Lipinski definition) is 0. The molecule has 0 aromatic heterocycles. The fourth-order valence-corrected chi connectivity index (χ4v) is 5.77. The van der Waals surface area contributed by atoms with Crippen LogP contribution in [0.4, 0.5) is 0 Å². The molecule has 2 aliphatic carbocycles. The van der Waals surface area contributed by atoms with Crippen LogP contribution < -0.4 is 0 Å². The lowest BCUT2D eigenvalue weighted by Crippen LogP contribution is -2.55. The van der Waals surface area contributed by atoms with Crippen LogP contribution in [0.3, 0.4) is 0 Å². The third-order valence-corrected chi connectivity index (χ3v) is 8.11. The average molecular weight is 443 g/mol. The number of hydrogen-bond acceptors (Lipinski definition) is 4. The van der Waals surface area contributed by atoms with Gasteiger partial charge in [-0.1, -0.05) is 42.9 Å². The minimum absolute atomic E-state index is 0.267. The van der Waals surface area contributed by atoms with Crippen molar-refractivity contribution in [3.8, 4) is 0 Å². The zero-order valence-corrected chi connectivity index (χ0v) is 19.5. The number of allylic oxidation sites excluding steroid dienone is 3. The van der Waals surface area contributed by atoms with E-state index in [1.165, 1.54) is 41.5 Å². The van der Waals surface area contributed by atoms with Gasteiger partial charge in [-0.15, -0.1) is 0 Å². The Morgan fingerprint density at radius 3 is 2.73 bits per heavy atom. The van der Waals surface area contributed by atoms with Crippen LogP contribution in [-0.2, 0) is 17.8 Å². The summed E-state index contributed by atoms with van der Waals surface area (Å²) in [4.78, 5) is 25.0. The van der Waals surface area contributed by atoms with Gasteiger partial charge in [0.1, 0.15) is 0 Å². The summed E-state index contributed by atoms with van der Waals surface area (Å²) in [6.07, 6.45) is 16.9. The number of fused-ring (bicyclic) bond motifs is 2. The molecule has 1 amide bonds. The van der Waals surface area contributed by atoms with Gasteiger partial charge < -0.3 is 4.90 Å². The number of carbonyl (C=O) groups excluding carboxylic acids is 1. The van der Waals surface area contributed by atoms with E-state index in [1.807, 2.05) is 0 Å². The second kappa shape index (κ2) is 9.03. The first-order chi connectivity index (χ1) is 16.2. The third-order valence-electron chi connectivity index (χ3n) is 8.11. The van der Waals surface area contributed by atoms with Crippen molar-refractivity contribution in [3.63, 3.8) is 0 Å². The minimum atomic E-state index is 0.267. The van der Waals surface area contributed by atoms with Gasteiger partial charge in [-0.2, -0.15) is 0 Å². The molecule has 1 saturated heterocycles. The molecule has 0 N–H and O–H groups in total. The molecule has 33 heavy (non-hydrogen) atoms. The van der Waals surface area contributed by atoms with E-state index in [0.717, 1.165) is 63.9 Å². The minimum Gasteiger partial charge on any atom is -0.339 e. The summed E-state index contributed by atoms with van der Waals surface area (Å²) < 4.78 is 0. The van der Waals surface area contributed by atoms with Gasteiger partial charge in [0.05, 0.1) is 18.3 Å². The first-order valence-corrected chi connectivity index (χ1v) is 12.7. The molecule has 0 radical (unpaired) electrons. The maximum Gasteiger partial charge on any atom is 0.236 e. The molecule has 5 aliphatic rings. The van der Waals surface area contributed by atoms with Gasteiger partial charge in [0, 0.05) is 45.3 Å². The molecule has 0 bridgehead atoms. The molecule has 1 unspecified atom stereocenters. The van der Waals surface area contributed by atoms with Gasteiger partial charge in [0.2, 0.25) is 5.91 Å². The largest absolute Gasteiger partial charge is 0.339 e. The van der Waals surface area contributed by atoms with Gasteiger partial charge in [-0.25, -0.2) is 0 Å². The van der Waals surface area contributed by atoms with E-state index in [2.05, 4.69) is 63.3 Å². The summed E-state index contributed by atoms with van der Waals surface area (Å²) in [6, 6.07) is 7.84. The molecular weight excluding hydrogens is 408 g/mol. The Balaban J connectivity index is 1.06. The van der Waals surface area contributed by atoms with Gasteiger partial charge in [-0.05, 0) is 60.1 Å². The molecular formula is C28H34N4O. The zero-order valence-electron chi connectivity index (χ0n) is 19.5. The Morgan fingerprint density at radius 1 is 1.03 bits per heavy atom. The summed E-state index contributed by atoms with van der Waals surface area (Å²) in [5.41, 5.74) is 6.38. The molecule has 5 heteroatoms. The van der Waals surface area contributed by atoms with Crippen molar-refractivity contribution in [2.24, 2.45) is 4.99 Å². The van der Waals surface area contributed by atoms with Crippen LogP contribution in [0.15, 0.2) is 59.1 Å². The van der Waals surface area contributed by atoms with Crippen LogP contribution in [-0.4, -0.2) is 77.7 Å². The lowest BCUT2D eigenvalue weighted by atomic mass is 9.91. The Kier molecular flexibility index (Phi) is 5.77. The van der Waals surface area contributed by atoms with Crippen LogP contribution in [0.5, 0.6) is 0 Å². The van der Waals surface area contributed by atoms with Crippen molar-refractivity contribution >= 4 is 11.6 Å². The number of benzene rings is 1. The van der Waals surface area contributed by atoms with E-state index in [1.54, 1.807) is 0 Å². The van der Waals surface area contributed by atoms with E-state index in [9.17, 15) is 4.79 Å². The van der Waals surface area contributed by atoms with Crippen LogP contribution >= 0.6 is 0 Å². The summed E-state index contributed by atoms with van der Waals surface area (Å²) in [6.45, 7) is 6.26. The lowest BCUT2D eigenvalue weighted by Gasteiger charge is -2.43. The third kappa shape index (κ3) is 4.36. The molecule has 2 fully saturated rings. The maximum absolute atomic E-state index is 12.9. The number of carbonyl (C=O) groups is 1. The van der Waals surface area contributed by atoms with Crippen LogP contribution in [0.25, 0.3) is 0 Å². The molecule has 5 nitrogen and oxygen atoms in total. The predicted octanol–water partition coefficient (Wildman–Crippen LogP) is 3.36. The van der Waals surface area contributed by atoms with Crippen molar-refractivity contribution < 1.29 is 4.79 Å². The second-order valence-corrected chi connectivity index (χ2v) is 10.1.